The average molecular weight is 426 g/mol. The van der Waals surface area contributed by atoms with E-state index in [1.54, 1.807) is 4.90 Å². The molecule has 31 heavy (non-hydrogen) atoms. The van der Waals surface area contributed by atoms with Crippen molar-refractivity contribution in [2.75, 3.05) is 46.1 Å². The molecular weight excluding hydrogens is 394 g/mol. The number of carbonyl (C=O) groups excluding carboxylic acids is 1. The van der Waals surface area contributed by atoms with Crippen LogP contribution < -0.4 is 29.3 Å². The highest BCUT2D eigenvalue weighted by Gasteiger charge is 2.26. The Labute approximate surface area is 182 Å². The van der Waals surface area contributed by atoms with Crippen LogP contribution in [0.2, 0.25) is 0 Å². The van der Waals surface area contributed by atoms with Crippen molar-refractivity contribution in [2.24, 2.45) is 0 Å². The van der Waals surface area contributed by atoms with E-state index in [0.29, 0.717) is 6.54 Å². The molecule has 0 spiro atoms. The van der Waals surface area contributed by atoms with Crippen LogP contribution >= 0.6 is 0 Å². The second-order valence-corrected chi connectivity index (χ2v) is 8.80. The van der Waals surface area contributed by atoms with Crippen LogP contribution in [0.15, 0.2) is 36.4 Å². The summed E-state index contributed by atoms with van der Waals surface area (Å²) in [5.74, 6) is 2.66. The average Bonchev–Trinajstić information content (AvgIpc) is 3.43. The van der Waals surface area contributed by atoms with Crippen LogP contribution in [0.4, 0.5) is 0 Å². The van der Waals surface area contributed by atoms with Crippen molar-refractivity contribution in [3.63, 3.8) is 0 Å². The van der Waals surface area contributed by atoms with E-state index < -0.39 is 0 Å². The van der Waals surface area contributed by atoms with Gasteiger partial charge in [-0.3, -0.25) is 4.79 Å². The van der Waals surface area contributed by atoms with Crippen molar-refractivity contribution < 1.29 is 28.8 Å². The van der Waals surface area contributed by atoms with E-state index in [9.17, 15) is 4.79 Å². The van der Waals surface area contributed by atoms with Gasteiger partial charge in [-0.1, -0.05) is 6.07 Å². The number of hydrogen-bond acceptors (Lipinski definition) is 4. The number of amides is 1. The summed E-state index contributed by atoms with van der Waals surface area (Å²) in [5.41, 5.74) is 3.76. The van der Waals surface area contributed by atoms with E-state index in [4.69, 9.17) is 14.2 Å². The molecule has 164 valence electrons. The lowest BCUT2D eigenvalue weighted by atomic mass is 10.1. The van der Waals surface area contributed by atoms with Crippen LogP contribution in [0.3, 0.4) is 0 Å². The van der Waals surface area contributed by atoms with Crippen molar-refractivity contribution in [1.82, 2.24) is 5.32 Å². The predicted molar refractivity (Wildman–Crippen MR) is 115 cm³/mol. The number of benzene rings is 2. The third-order valence-corrected chi connectivity index (χ3v) is 6.56. The number of piperazine rings is 1. The quantitative estimate of drug-likeness (QED) is 0.585. The maximum atomic E-state index is 12.6. The van der Waals surface area contributed by atoms with E-state index >= 15 is 0 Å². The minimum Gasteiger partial charge on any atom is -0.493 e. The first-order valence-electron chi connectivity index (χ1n) is 11.2. The summed E-state index contributed by atoms with van der Waals surface area (Å²) in [7, 11) is 0. The molecule has 0 aromatic heterocycles. The molecule has 2 aromatic rings. The van der Waals surface area contributed by atoms with Crippen molar-refractivity contribution in [3.05, 3.63) is 53.1 Å². The van der Waals surface area contributed by atoms with Crippen LogP contribution in [-0.2, 0) is 17.8 Å². The molecule has 2 aromatic carbocycles. The number of carbonyl (C=O) groups is 1. The Morgan fingerprint density at radius 1 is 0.968 bits per heavy atom. The van der Waals surface area contributed by atoms with Gasteiger partial charge in [0.05, 0.1) is 12.6 Å². The first kappa shape index (κ1) is 20.2. The normalized spacial score (nSPS) is 22.5. The van der Waals surface area contributed by atoms with E-state index in [-0.39, 0.29) is 18.7 Å². The number of ether oxygens (including phenoxy) is 3. The molecule has 3 aliphatic rings. The Balaban J connectivity index is 1.07. The molecule has 1 saturated heterocycles. The summed E-state index contributed by atoms with van der Waals surface area (Å²) in [6.45, 7) is 8.88. The van der Waals surface area contributed by atoms with Gasteiger partial charge in [-0.25, -0.2) is 0 Å². The Bertz CT molecular complexity index is 956. The Morgan fingerprint density at radius 3 is 2.61 bits per heavy atom. The maximum Gasteiger partial charge on any atom is 0.275 e. The third-order valence-electron chi connectivity index (χ3n) is 6.56. The van der Waals surface area contributed by atoms with E-state index in [1.807, 2.05) is 25.1 Å². The molecule has 3 aliphatic heterocycles. The van der Waals surface area contributed by atoms with Crippen LogP contribution in [0.25, 0.3) is 0 Å². The third kappa shape index (κ3) is 4.62. The standard InChI is InChI=1S/C24H29N3O4/c1-17(19-3-5-22-23(13-19)31-16-30-22)25-24(28)15-27-9-7-26(8-10-27)14-18-2-4-21-20(12-18)6-11-29-21/h2-5,12-13,17H,6-11,14-16H2,1H3,(H,25,28)/p+2/t17-/m1/s1. The molecule has 1 fully saturated rings. The monoisotopic (exact) mass is 425 g/mol. The summed E-state index contributed by atoms with van der Waals surface area (Å²) in [6, 6.07) is 12.4. The van der Waals surface area contributed by atoms with Crippen LogP contribution in [0.1, 0.15) is 29.7 Å². The van der Waals surface area contributed by atoms with Crippen molar-refractivity contribution in [3.8, 4) is 17.2 Å². The highest BCUT2D eigenvalue weighted by molar-refractivity contribution is 5.77. The van der Waals surface area contributed by atoms with E-state index in [1.165, 1.54) is 16.0 Å². The predicted octanol–water partition coefficient (Wildman–Crippen LogP) is -0.489. The lowest BCUT2D eigenvalue weighted by Crippen LogP contribution is -3.28. The topological polar surface area (TPSA) is 65.7 Å². The number of rotatable bonds is 6. The van der Waals surface area contributed by atoms with Crippen LogP contribution in [0, 0.1) is 0 Å². The molecule has 1 amide bonds. The van der Waals surface area contributed by atoms with E-state index in [0.717, 1.165) is 68.6 Å². The Hall–Kier alpha value is -2.77. The summed E-state index contributed by atoms with van der Waals surface area (Å²) in [4.78, 5) is 15.6. The zero-order valence-corrected chi connectivity index (χ0v) is 18.0. The van der Waals surface area contributed by atoms with Gasteiger partial charge in [-0.05, 0) is 48.4 Å². The minimum atomic E-state index is -0.0582. The fraction of sp³-hybridized carbons (Fsp3) is 0.458. The van der Waals surface area contributed by atoms with E-state index in [2.05, 4.69) is 23.5 Å². The molecule has 7 nitrogen and oxygen atoms in total. The molecule has 0 bridgehead atoms. The highest BCUT2D eigenvalue weighted by Crippen LogP contribution is 2.34. The molecule has 0 radical (unpaired) electrons. The Kier molecular flexibility index (Phi) is 5.70. The lowest BCUT2D eigenvalue weighted by Gasteiger charge is -2.29. The van der Waals surface area contributed by atoms with Gasteiger partial charge < -0.3 is 29.3 Å². The first-order valence-corrected chi connectivity index (χ1v) is 11.2. The fourth-order valence-electron chi connectivity index (χ4n) is 4.73. The summed E-state index contributed by atoms with van der Waals surface area (Å²) >= 11 is 0. The second kappa shape index (κ2) is 8.77. The second-order valence-electron chi connectivity index (χ2n) is 8.80. The van der Waals surface area contributed by atoms with Gasteiger partial charge in [0.2, 0.25) is 6.79 Å². The molecule has 0 aliphatic carbocycles. The van der Waals surface area contributed by atoms with Crippen molar-refractivity contribution in [2.45, 2.75) is 25.9 Å². The first-order chi connectivity index (χ1) is 15.1. The Morgan fingerprint density at radius 2 is 1.74 bits per heavy atom. The smallest absolute Gasteiger partial charge is 0.275 e. The molecule has 1 atom stereocenters. The molecule has 5 rings (SSSR count). The maximum absolute atomic E-state index is 12.6. The van der Waals surface area contributed by atoms with Gasteiger partial charge in [0, 0.05) is 12.0 Å². The van der Waals surface area contributed by atoms with Crippen molar-refractivity contribution >= 4 is 5.91 Å². The number of fused-ring (bicyclic) bond motifs is 2. The summed E-state index contributed by atoms with van der Waals surface area (Å²) < 4.78 is 16.4. The SMILES string of the molecule is C[C@@H](NC(=O)C[NH+]1CC[NH+](Cc2ccc3c(c2)CCO3)CC1)c1ccc2c(c1)OCO2. The fourth-order valence-corrected chi connectivity index (χ4v) is 4.73. The van der Waals surface area contributed by atoms with Crippen LogP contribution in [-0.4, -0.2) is 52.0 Å². The lowest BCUT2D eigenvalue weighted by molar-refractivity contribution is -1.02. The minimum absolute atomic E-state index is 0.0582. The van der Waals surface area contributed by atoms with Gasteiger partial charge in [-0.2, -0.15) is 0 Å². The largest absolute Gasteiger partial charge is 0.493 e. The van der Waals surface area contributed by atoms with Gasteiger partial charge >= 0.3 is 0 Å². The van der Waals surface area contributed by atoms with Gasteiger partial charge in [0.15, 0.2) is 18.0 Å². The molecule has 3 heterocycles. The number of quaternary nitrogens is 2. The molecule has 3 N–H and O–H groups in total. The van der Waals surface area contributed by atoms with Crippen LogP contribution in [0.5, 0.6) is 17.2 Å². The number of nitrogens with one attached hydrogen (secondary N) is 3. The summed E-state index contributed by atoms with van der Waals surface area (Å²) in [5, 5.41) is 3.13. The summed E-state index contributed by atoms with van der Waals surface area (Å²) in [6.07, 6.45) is 1.02. The molecule has 0 unspecified atom stereocenters. The van der Waals surface area contributed by atoms with Crippen molar-refractivity contribution in [1.29, 1.82) is 0 Å². The van der Waals surface area contributed by atoms with Gasteiger partial charge in [0.1, 0.15) is 38.5 Å². The zero-order chi connectivity index (χ0) is 21.2. The van der Waals surface area contributed by atoms with Gasteiger partial charge in [-0.15, -0.1) is 0 Å². The molecule has 7 heteroatoms. The zero-order valence-electron chi connectivity index (χ0n) is 18.0. The highest BCUT2D eigenvalue weighted by atomic mass is 16.7. The molecular formula is C24H31N3O4+2. The van der Waals surface area contributed by atoms with Gasteiger partial charge in [0.25, 0.3) is 5.91 Å². The molecule has 0 saturated carbocycles. The number of hydrogen-bond donors (Lipinski definition) is 3.